The molecule has 0 aliphatic rings. The molecule has 0 amide bonds. The number of hydrogen-bond donors (Lipinski definition) is 3. The van der Waals surface area contributed by atoms with Crippen LogP contribution in [-0.2, 0) is 6.54 Å². The fourth-order valence-corrected chi connectivity index (χ4v) is 2.54. The van der Waals surface area contributed by atoms with Gasteiger partial charge in [0, 0.05) is 11.0 Å². The van der Waals surface area contributed by atoms with Gasteiger partial charge in [0.15, 0.2) is 11.5 Å². The summed E-state index contributed by atoms with van der Waals surface area (Å²) in [5.74, 6) is -0.794. The van der Waals surface area contributed by atoms with Crippen molar-refractivity contribution in [2.45, 2.75) is 6.54 Å². The van der Waals surface area contributed by atoms with E-state index in [1.165, 1.54) is 24.3 Å². The van der Waals surface area contributed by atoms with Crippen LogP contribution in [-0.4, -0.2) is 10.2 Å². The summed E-state index contributed by atoms with van der Waals surface area (Å²) in [4.78, 5) is 0. The molecule has 0 saturated heterocycles. The molecule has 0 radical (unpaired) electrons. The predicted octanol–water partition coefficient (Wildman–Crippen LogP) is 4.26. The SMILES string of the molecule is Oc1ccc(CNc2c(Cl)cc(F)cc2Br)cc1O. The summed E-state index contributed by atoms with van der Waals surface area (Å²) < 4.78 is 13.6. The highest BCUT2D eigenvalue weighted by Crippen LogP contribution is 2.32. The molecule has 0 fully saturated rings. The van der Waals surface area contributed by atoms with Gasteiger partial charge in [-0.25, -0.2) is 4.39 Å². The maximum atomic E-state index is 13.1. The second-order valence-corrected chi connectivity index (χ2v) is 5.18. The Morgan fingerprint density at radius 1 is 1.16 bits per heavy atom. The Kier molecular flexibility index (Phi) is 4.17. The van der Waals surface area contributed by atoms with Crippen molar-refractivity contribution in [3.05, 3.63) is 51.2 Å². The lowest BCUT2D eigenvalue weighted by Crippen LogP contribution is -2.01. The minimum atomic E-state index is -0.426. The average molecular weight is 347 g/mol. The average Bonchev–Trinajstić information content (AvgIpc) is 2.32. The maximum absolute atomic E-state index is 13.1. The van der Waals surface area contributed by atoms with E-state index in [-0.39, 0.29) is 16.5 Å². The summed E-state index contributed by atoms with van der Waals surface area (Å²) in [6.07, 6.45) is 0. The molecule has 0 saturated carbocycles. The zero-order valence-corrected chi connectivity index (χ0v) is 12.0. The first kappa shape index (κ1) is 14.0. The Bertz CT molecular complexity index is 599. The van der Waals surface area contributed by atoms with E-state index in [1.54, 1.807) is 6.07 Å². The minimum Gasteiger partial charge on any atom is -0.504 e. The summed E-state index contributed by atoms with van der Waals surface area (Å²) in [7, 11) is 0. The topological polar surface area (TPSA) is 52.5 Å². The zero-order chi connectivity index (χ0) is 14.0. The van der Waals surface area contributed by atoms with Crippen LogP contribution in [0, 0.1) is 5.82 Å². The Hall–Kier alpha value is -1.46. The molecular formula is C13H10BrClFNO2. The third kappa shape index (κ3) is 3.30. The fourth-order valence-electron chi connectivity index (χ4n) is 1.58. The lowest BCUT2D eigenvalue weighted by Gasteiger charge is -2.11. The number of nitrogens with one attached hydrogen (secondary N) is 1. The molecule has 100 valence electrons. The van der Waals surface area contributed by atoms with E-state index in [1.807, 2.05) is 0 Å². The van der Waals surface area contributed by atoms with Crippen LogP contribution < -0.4 is 5.32 Å². The molecule has 0 aliphatic carbocycles. The van der Waals surface area contributed by atoms with E-state index in [0.717, 1.165) is 5.56 Å². The van der Waals surface area contributed by atoms with E-state index in [4.69, 9.17) is 11.6 Å². The lowest BCUT2D eigenvalue weighted by atomic mass is 10.2. The Labute approximate surface area is 122 Å². The molecule has 0 atom stereocenters. The van der Waals surface area contributed by atoms with Gasteiger partial charge in [-0.15, -0.1) is 0 Å². The number of rotatable bonds is 3. The number of halogens is 3. The largest absolute Gasteiger partial charge is 0.504 e. The molecule has 0 heterocycles. The number of benzene rings is 2. The van der Waals surface area contributed by atoms with Crippen molar-refractivity contribution in [1.82, 2.24) is 0 Å². The third-order valence-corrected chi connectivity index (χ3v) is 3.44. The van der Waals surface area contributed by atoms with Gasteiger partial charge in [-0.05, 0) is 45.8 Å². The van der Waals surface area contributed by atoms with E-state index in [9.17, 15) is 14.6 Å². The van der Waals surface area contributed by atoms with Gasteiger partial charge in [0.25, 0.3) is 0 Å². The second-order valence-electron chi connectivity index (χ2n) is 3.92. The molecular weight excluding hydrogens is 337 g/mol. The molecule has 3 N–H and O–H groups in total. The number of anilines is 1. The Morgan fingerprint density at radius 2 is 1.89 bits per heavy atom. The summed E-state index contributed by atoms with van der Waals surface area (Å²) in [6, 6.07) is 7.01. The highest BCUT2D eigenvalue weighted by atomic mass is 79.9. The van der Waals surface area contributed by atoms with Crippen LogP contribution in [0.5, 0.6) is 11.5 Å². The number of aromatic hydroxyl groups is 2. The van der Waals surface area contributed by atoms with Gasteiger partial charge in [0.2, 0.25) is 0 Å². The van der Waals surface area contributed by atoms with Crippen LogP contribution in [0.2, 0.25) is 5.02 Å². The zero-order valence-electron chi connectivity index (χ0n) is 9.62. The van der Waals surface area contributed by atoms with Gasteiger partial charge in [-0.2, -0.15) is 0 Å². The second kappa shape index (κ2) is 5.67. The van der Waals surface area contributed by atoms with Gasteiger partial charge in [0.05, 0.1) is 10.7 Å². The molecule has 0 unspecified atom stereocenters. The van der Waals surface area contributed by atoms with Crippen LogP contribution in [0.25, 0.3) is 0 Å². The van der Waals surface area contributed by atoms with Crippen LogP contribution >= 0.6 is 27.5 Å². The monoisotopic (exact) mass is 345 g/mol. The summed E-state index contributed by atoms with van der Waals surface area (Å²) in [5.41, 5.74) is 1.32. The molecule has 3 nitrogen and oxygen atoms in total. The molecule has 0 aromatic heterocycles. The van der Waals surface area contributed by atoms with E-state index < -0.39 is 5.82 Å². The highest BCUT2D eigenvalue weighted by molar-refractivity contribution is 9.10. The van der Waals surface area contributed by atoms with Gasteiger partial charge in [-0.1, -0.05) is 17.7 Å². The van der Waals surface area contributed by atoms with Gasteiger partial charge in [-0.3, -0.25) is 0 Å². The standard InChI is InChI=1S/C13H10BrClFNO2/c14-9-4-8(16)5-10(15)13(9)17-6-7-1-2-11(18)12(19)3-7/h1-5,17-19H,6H2. The summed E-state index contributed by atoms with van der Waals surface area (Å²) in [6.45, 7) is 0.373. The Balaban J connectivity index is 2.16. The van der Waals surface area contributed by atoms with Crippen LogP contribution in [0.1, 0.15) is 5.56 Å². The van der Waals surface area contributed by atoms with Crippen LogP contribution in [0.4, 0.5) is 10.1 Å². The first-order valence-electron chi connectivity index (χ1n) is 5.36. The number of phenolic OH excluding ortho intramolecular Hbond substituents is 2. The predicted molar refractivity (Wildman–Crippen MR) is 76.2 cm³/mol. The van der Waals surface area contributed by atoms with Crippen molar-refractivity contribution in [1.29, 1.82) is 0 Å². The van der Waals surface area contributed by atoms with Crippen molar-refractivity contribution < 1.29 is 14.6 Å². The van der Waals surface area contributed by atoms with Gasteiger partial charge >= 0.3 is 0 Å². The van der Waals surface area contributed by atoms with Crippen molar-refractivity contribution in [3.63, 3.8) is 0 Å². The molecule has 0 bridgehead atoms. The number of hydrogen-bond acceptors (Lipinski definition) is 3. The third-order valence-electron chi connectivity index (χ3n) is 2.52. The maximum Gasteiger partial charge on any atom is 0.157 e. The first-order valence-corrected chi connectivity index (χ1v) is 6.53. The van der Waals surface area contributed by atoms with Gasteiger partial charge in [0.1, 0.15) is 5.82 Å². The molecule has 2 aromatic rings. The highest BCUT2D eigenvalue weighted by Gasteiger charge is 2.08. The van der Waals surface area contributed by atoms with Crippen molar-refractivity contribution in [2.75, 3.05) is 5.32 Å². The minimum absolute atomic E-state index is 0.176. The summed E-state index contributed by atoms with van der Waals surface area (Å²) in [5, 5.41) is 21.9. The quantitative estimate of drug-likeness (QED) is 0.728. The molecule has 6 heteroatoms. The van der Waals surface area contributed by atoms with Crippen molar-refractivity contribution in [3.8, 4) is 11.5 Å². The smallest absolute Gasteiger partial charge is 0.157 e. The van der Waals surface area contributed by atoms with E-state index in [0.29, 0.717) is 16.7 Å². The first-order chi connectivity index (χ1) is 8.97. The normalized spacial score (nSPS) is 10.5. The van der Waals surface area contributed by atoms with E-state index >= 15 is 0 Å². The fraction of sp³-hybridized carbons (Fsp3) is 0.0769. The molecule has 2 rings (SSSR count). The van der Waals surface area contributed by atoms with Crippen molar-refractivity contribution in [2.24, 2.45) is 0 Å². The lowest BCUT2D eigenvalue weighted by molar-refractivity contribution is 0.403. The van der Waals surface area contributed by atoms with E-state index in [2.05, 4.69) is 21.2 Å². The van der Waals surface area contributed by atoms with Gasteiger partial charge < -0.3 is 15.5 Å². The molecule has 19 heavy (non-hydrogen) atoms. The molecule has 2 aromatic carbocycles. The summed E-state index contributed by atoms with van der Waals surface area (Å²) >= 11 is 9.16. The Morgan fingerprint density at radius 3 is 2.53 bits per heavy atom. The van der Waals surface area contributed by atoms with Crippen LogP contribution in [0.3, 0.4) is 0 Å². The van der Waals surface area contributed by atoms with Crippen molar-refractivity contribution >= 4 is 33.2 Å². The number of phenols is 2. The molecule has 0 aliphatic heterocycles. The van der Waals surface area contributed by atoms with Crippen LogP contribution in [0.15, 0.2) is 34.8 Å². The molecule has 0 spiro atoms.